The van der Waals surface area contributed by atoms with Crippen LogP contribution in [0.1, 0.15) is 6.23 Å². The quantitative estimate of drug-likeness (QED) is 0.435. The molecule has 1 aromatic heterocycles. The van der Waals surface area contributed by atoms with Crippen LogP contribution in [0.25, 0.3) is 0 Å². The molecule has 8 nitrogen and oxygen atoms in total. The molecule has 1 saturated heterocycles. The number of aliphatic hydroxyl groups excluding tert-OH is 2. The molecule has 0 spiro atoms. The van der Waals surface area contributed by atoms with Crippen LogP contribution in [0.5, 0.6) is 0 Å². The SMILES string of the molecule is C#CCOC[C@H]1O[C@@H](n2ccc(N)nc2=O)[C@H](O)[C@@H]1O. The zero-order valence-corrected chi connectivity index (χ0v) is 10.5. The Hall–Kier alpha value is -1.92. The molecule has 2 heterocycles. The second kappa shape index (κ2) is 6.02. The van der Waals surface area contributed by atoms with Crippen molar-refractivity contribution in [2.45, 2.75) is 24.5 Å². The highest BCUT2D eigenvalue weighted by atomic mass is 16.6. The number of terminal acetylenes is 1. The second-order valence-corrected chi connectivity index (χ2v) is 4.31. The van der Waals surface area contributed by atoms with E-state index in [1.54, 1.807) is 0 Å². The fourth-order valence-electron chi connectivity index (χ4n) is 1.95. The Labute approximate surface area is 114 Å². The summed E-state index contributed by atoms with van der Waals surface area (Å²) in [6.45, 7) is 0.0762. The van der Waals surface area contributed by atoms with Crippen LogP contribution in [0.3, 0.4) is 0 Å². The molecule has 4 atom stereocenters. The van der Waals surface area contributed by atoms with E-state index in [1.807, 2.05) is 0 Å². The Morgan fingerprint density at radius 1 is 1.55 bits per heavy atom. The van der Waals surface area contributed by atoms with Crippen LogP contribution < -0.4 is 11.4 Å². The molecule has 20 heavy (non-hydrogen) atoms. The van der Waals surface area contributed by atoms with Crippen molar-refractivity contribution in [3.05, 3.63) is 22.7 Å². The summed E-state index contributed by atoms with van der Waals surface area (Å²) >= 11 is 0. The topological polar surface area (TPSA) is 120 Å². The summed E-state index contributed by atoms with van der Waals surface area (Å²) in [5, 5.41) is 19.8. The Kier molecular flexibility index (Phi) is 4.36. The van der Waals surface area contributed by atoms with E-state index in [2.05, 4.69) is 10.9 Å². The van der Waals surface area contributed by atoms with E-state index in [0.29, 0.717) is 0 Å². The number of ether oxygens (including phenoxy) is 2. The number of anilines is 1. The predicted molar refractivity (Wildman–Crippen MR) is 68.5 cm³/mol. The summed E-state index contributed by atoms with van der Waals surface area (Å²) in [5.41, 5.74) is 4.71. The van der Waals surface area contributed by atoms with E-state index in [9.17, 15) is 15.0 Å². The first kappa shape index (κ1) is 14.5. The molecule has 1 aliphatic heterocycles. The minimum atomic E-state index is -1.28. The lowest BCUT2D eigenvalue weighted by Crippen LogP contribution is -2.36. The summed E-state index contributed by atoms with van der Waals surface area (Å²) in [4.78, 5) is 15.2. The monoisotopic (exact) mass is 281 g/mol. The fourth-order valence-corrected chi connectivity index (χ4v) is 1.95. The molecular weight excluding hydrogens is 266 g/mol. The molecule has 1 fully saturated rings. The maximum Gasteiger partial charge on any atom is 0.351 e. The van der Waals surface area contributed by atoms with E-state index in [1.165, 1.54) is 12.3 Å². The molecule has 8 heteroatoms. The maximum absolute atomic E-state index is 11.7. The van der Waals surface area contributed by atoms with E-state index < -0.39 is 30.2 Å². The number of nitrogens with two attached hydrogens (primary N) is 1. The van der Waals surface area contributed by atoms with Crippen molar-refractivity contribution in [1.29, 1.82) is 0 Å². The first-order valence-electron chi connectivity index (χ1n) is 5.92. The standard InChI is InChI=1S/C12H15N3O5/c1-2-5-19-6-7-9(16)10(17)11(20-7)15-4-3-8(13)14-12(15)18/h1,3-4,7,9-11,16-17H,5-6H2,(H2,13,14,18)/t7-,9-,10-,11-/m1/s1. The summed E-state index contributed by atoms with van der Waals surface area (Å²) < 4.78 is 11.6. The van der Waals surface area contributed by atoms with Gasteiger partial charge in [0.15, 0.2) is 6.23 Å². The van der Waals surface area contributed by atoms with E-state index >= 15 is 0 Å². The summed E-state index contributed by atoms with van der Waals surface area (Å²) in [7, 11) is 0. The molecule has 108 valence electrons. The van der Waals surface area contributed by atoms with Crippen molar-refractivity contribution >= 4 is 5.82 Å². The first-order valence-corrected chi connectivity index (χ1v) is 5.92. The van der Waals surface area contributed by atoms with E-state index in [-0.39, 0.29) is 19.0 Å². The van der Waals surface area contributed by atoms with Crippen molar-refractivity contribution in [3.63, 3.8) is 0 Å². The molecule has 2 rings (SSSR count). The van der Waals surface area contributed by atoms with Crippen LogP contribution in [0.2, 0.25) is 0 Å². The van der Waals surface area contributed by atoms with Crippen LogP contribution in [0.4, 0.5) is 5.82 Å². The molecule has 0 bridgehead atoms. The molecule has 4 N–H and O–H groups in total. The number of nitrogen functional groups attached to an aromatic ring is 1. The van der Waals surface area contributed by atoms with Gasteiger partial charge in [-0.15, -0.1) is 6.42 Å². The largest absolute Gasteiger partial charge is 0.387 e. The van der Waals surface area contributed by atoms with E-state index in [4.69, 9.17) is 21.6 Å². The zero-order chi connectivity index (χ0) is 14.7. The number of aromatic nitrogens is 2. The van der Waals surface area contributed by atoms with E-state index in [0.717, 1.165) is 4.57 Å². The highest BCUT2D eigenvalue weighted by molar-refractivity contribution is 5.23. The molecule has 0 aromatic carbocycles. The lowest BCUT2D eigenvalue weighted by molar-refractivity contribution is -0.0646. The van der Waals surface area contributed by atoms with Gasteiger partial charge in [0.2, 0.25) is 0 Å². The van der Waals surface area contributed by atoms with Gasteiger partial charge >= 0.3 is 5.69 Å². The van der Waals surface area contributed by atoms with Crippen LogP contribution >= 0.6 is 0 Å². The Morgan fingerprint density at radius 3 is 2.95 bits per heavy atom. The third kappa shape index (κ3) is 2.81. The molecular formula is C12H15N3O5. The minimum Gasteiger partial charge on any atom is -0.387 e. The summed E-state index contributed by atoms with van der Waals surface area (Å²) in [5.74, 6) is 2.34. The number of rotatable bonds is 4. The van der Waals surface area contributed by atoms with Gasteiger partial charge in [0, 0.05) is 6.20 Å². The maximum atomic E-state index is 11.7. The molecule has 0 aliphatic carbocycles. The average molecular weight is 281 g/mol. The number of nitrogens with zero attached hydrogens (tertiary/aromatic N) is 2. The lowest BCUT2D eigenvalue weighted by atomic mass is 10.1. The highest BCUT2D eigenvalue weighted by Crippen LogP contribution is 2.28. The number of hydrogen-bond acceptors (Lipinski definition) is 7. The summed E-state index contributed by atoms with van der Waals surface area (Å²) in [6.07, 6.45) is 2.07. The Morgan fingerprint density at radius 2 is 2.30 bits per heavy atom. The Bertz CT molecular complexity index is 567. The molecule has 1 aromatic rings. The van der Waals surface area contributed by atoms with Gasteiger partial charge in [-0.3, -0.25) is 4.57 Å². The van der Waals surface area contributed by atoms with Gasteiger partial charge in [-0.1, -0.05) is 5.92 Å². The van der Waals surface area contributed by atoms with Gasteiger partial charge in [-0.05, 0) is 6.07 Å². The lowest BCUT2D eigenvalue weighted by Gasteiger charge is -2.16. The van der Waals surface area contributed by atoms with Gasteiger partial charge in [0.05, 0.1) is 6.61 Å². The van der Waals surface area contributed by atoms with Gasteiger partial charge in [0.25, 0.3) is 0 Å². The third-order valence-electron chi connectivity index (χ3n) is 2.93. The molecule has 1 aliphatic rings. The van der Waals surface area contributed by atoms with Gasteiger partial charge < -0.3 is 25.4 Å². The van der Waals surface area contributed by atoms with Gasteiger partial charge in [0.1, 0.15) is 30.7 Å². The van der Waals surface area contributed by atoms with Crippen LogP contribution in [-0.2, 0) is 9.47 Å². The average Bonchev–Trinajstić information content (AvgIpc) is 2.68. The van der Waals surface area contributed by atoms with Crippen molar-refractivity contribution in [3.8, 4) is 12.3 Å². The first-order chi connectivity index (χ1) is 9.54. The molecule has 0 amide bonds. The third-order valence-corrected chi connectivity index (χ3v) is 2.93. The number of aliphatic hydroxyl groups is 2. The van der Waals surface area contributed by atoms with Crippen molar-refractivity contribution < 1.29 is 19.7 Å². The zero-order valence-electron chi connectivity index (χ0n) is 10.5. The number of hydrogen-bond donors (Lipinski definition) is 3. The highest BCUT2D eigenvalue weighted by Gasteiger charge is 2.44. The van der Waals surface area contributed by atoms with Crippen LogP contribution in [-0.4, -0.2) is 51.3 Å². The predicted octanol–water partition coefficient (Wildman–Crippen LogP) is -1.91. The normalized spacial score (nSPS) is 29.2. The fraction of sp³-hybridized carbons (Fsp3) is 0.500. The van der Waals surface area contributed by atoms with Gasteiger partial charge in [-0.25, -0.2) is 4.79 Å². The molecule has 0 radical (unpaired) electrons. The molecule has 0 saturated carbocycles. The van der Waals surface area contributed by atoms with Crippen molar-refractivity contribution in [1.82, 2.24) is 9.55 Å². The summed E-state index contributed by atoms with van der Waals surface area (Å²) in [6, 6.07) is 1.39. The Balaban J connectivity index is 2.14. The smallest absolute Gasteiger partial charge is 0.351 e. The van der Waals surface area contributed by atoms with Crippen molar-refractivity contribution in [2.24, 2.45) is 0 Å². The minimum absolute atomic E-state index is 0.01000. The molecule has 0 unspecified atom stereocenters. The van der Waals surface area contributed by atoms with Crippen LogP contribution in [0, 0.1) is 12.3 Å². The van der Waals surface area contributed by atoms with Crippen LogP contribution in [0.15, 0.2) is 17.1 Å². The second-order valence-electron chi connectivity index (χ2n) is 4.31. The van der Waals surface area contributed by atoms with Crippen molar-refractivity contribution in [2.75, 3.05) is 18.9 Å². The van der Waals surface area contributed by atoms with Gasteiger partial charge in [-0.2, -0.15) is 4.98 Å².